The molecule has 2 rings (SSSR count). The Labute approximate surface area is 102 Å². The van der Waals surface area contributed by atoms with E-state index in [0.29, 0.717) is 11.3 Å². The quantitative estimate of drug-likeness (QED) is 0.786. The maximum atomic E-state index is 12.4. The second kappa shape index (κ2) is 4.13. The number of carboxylic acids is 1. The van der Waals surface area contributed by atoms with Crippen molar-refractivity contribution in [2.75, 3.05) is 6.54 Å². The van der Waals surface area contributed by atoms with Gasteiger partial charge >= 0.3 is 18.1 Å². The molecule has 1 saturated heterocycles. The molecule has 102 valence electrons. The number of carbonyl (C=O) groups excluding carboxylic acids is 1. The van der Waals surface area contributed by atoms with Gasteiger partial charge in [-0.25, -0.2) is 4.79 Å². The lowest BCUT2D eigenvalue weighted by molar-refractivity contribution is -0.194. The summed E-state index contributed by atoms with van der Waals surface area (Å²) in [6.45, 7) is -0.116. The number of rotatable bonds is 1. The van der Waals surface area contributed by atoms with Crippen molar-refractivity contribution in [2.45, 2.75) is 44.3 Å². The van der Waals surface area contributed by atoms with E-state index < -0.39 is 24.1 Å². The van der Waals surface area contributed by atoms with Crippen LogP contribution < -0.4 is 0 Å². The minimum atomic E-state index is -5.00. The number of amides is 1. The second-order valence-electron chi connectivity index (χ2n) is 5.16. The van der Waals surface area contributed by atoms with Gasteiger partial charge in [0.2, 0.25) is 0 Å². The molecule has 0 bridgehead atoms. The molecule has 1 saturated carbocycles. The maximum Gasteiger partial charge on any atom is 0.471 e. The summed E-state index contributed by atoms with van der Waals surface area (Å²) in [5.41, 5.74) is -0.147. The average Bonchev–Trinajstić information content (AvgIpc) is 2.23. The third-order valence-corrected chi connectivity index (χ3v) is 4.09. The van der Waals surface area contributed by atoms with Crippen LogP contribution in [-0.2, 0) is 9.59 Å². The SMILES string of the molecule is O=C(O)C1CC2(CCC2)CCN1C(=O)C(F)(F)F. The average molecular weight is 265 g/mol. The van der Waals surface area contributed by atoms with Crippen molar-refractivity contribution in [1.82, 2.24) is 4.90 Å². The number of carbonyl (C=O) groups is 2. The highest BCUT2D eigenvalue weighted by molar-refractivity contribution is 5.87. The number of alkyl halides is 3. The van der Waals surface area contributed by atoms with Gasteiger partial charge in [-0.15, -0.1) is 0 Å². The normalized spacial score (nSPS) is 26.8. The minimum Gasteiger partial charge on any atom is -0.480 e. The van der Waals surface area contributed by atoms with Crippen molar-refractivity contribution in [1.29, 1.82) is 0 Å². The summed E-state index contributed by atoms with van der Waals surface area (Å²) in [6.07, 6.45) is -1.70. The molecular weight excluding hydrogens is 251 g/mol. The summed E-state index contributed by atoms with van der Waals surface area (Å²) < 4.78 is 37.1. The van der Waals surface area contributed by atoms with E-state index in [2.05, 4.69) is 0 Å². The first kappa shape index (κ1) is 13.2. The van der Waals surface area contributed by atoms with Gasteiger partial charge in [0, 0.05) is 6.54 Å². The Kier molecular flexibility index (Phi) is 3.03. The summed E-state index contributed by atoms with van der Waals surface area (Å²) in [5.74, 6) is -3.39. The summed E-state index contributed by atoms with van der Waals surface area (Å²) >= 11 is 0. The molecule has 0 aromatic carbocycles. The fraction of sp³-hybridized carbons (Fsp3) is 0.818. The molecule has 2 fully saturated rings. The first-order valence-electron chi connectivity index (χ1n) is 5.86. The van der Waals surface area contributed by atoms with Crippen molar-refractivity contribution in [3.05, 3.63) is 0 Å². The molecule has 1 atom stereocenters. The number of piperidine rings is 1. The molecule has 18 heavy (non-hydrogen) atoms. The molecule has 1 N–H and O–H groups in total. The van der Waals surface area contributed by atoms with Crippen LogP contribution in [0.4, 0.5) is 13.2 Å². The molecule has 1 unspecified atom stereocenters. The summed E-state index contributed by atoms with van der Waals surface area (Å²) in [5, 5.41) is 9.01. The van der Waals surface area contributed by atoms with Crippen molar-refractivity contribution in [2.24, 2.45) is 5.41 Å². The van der Waals surface area contributed by atoms with Crippen LogP contribution in [0.3, 0.4) is 0 Å². The number of hydrogen-bond acceptors (Lipinski definition) is 2. The van der Waals surface area contributed by atoms with Crippen molar-refractivity contribution >= 4 is 11.9 Å². The Morgan fingerprint density at radius 2 is 1.83 bits per heavy atom. The molecule has 1 spiro atoms. The zero-order chi connectivity index (χ0) is 13.6. The number of aliphatic carboxylic acids is 1. The fourth-order valence-electron chi connectivity index (χ4n) is 2.89. The van der Waals surface area contributed by atoms with E-state index in [1.54, 1.807) is 0 Å². The van der Waals surface area contributed by atoms with Crippen LogP contribution in [0.5, 0.6) is 0 Å². The molecule has 4 nitrogen and oxygen atoms in total. The third-order valence-electron chi connectivity index (χ3n) is 4.09. The summed E-state index contributed by atoms with van der Waals surface area (Å²) in [7, 11) is 0. The molecule has 0 aromatic rings. The largest absolute Gasteiger partial charge is 0.480 e. The monoisotopic (exact) mass is 265 g/mol. The molecule has 0 radical (unpaired) electrons. The van der Waals surface area contributed by atoms with Crippen molar-refractivity contribution in [3.8, 4) is 0 Å². The van der Waals surface area contributed by atoms with Crippen LogP contribution in [0.25, 0.3) is 0 Å². The first-order valence-corrected chi connectivity index (χ1v) is 5.86. The Hall–Kier alpha value is -1.27. The molecule has 1 aliphatic carbocycles. The van der Waals surface area contributed by atoms with Crippen LogP contribution >= 0.6 is 0 Å². The van der Waals surface area contributed by atoms with E-state index in [0.717, 1.165) is 19.3 Å². The van der Waals surface area contributed by atoms with Gasteiger partial charge < -0.3 is 10.0 Å². The summed E-state index contributed by atoms with van der Waals surface area (Å²) in [4.78, 5) is 22.7. The van der Waals surface area contributed by atoms with Gasteiger partial charge in [0.05, 0.1) is 0 Å². The predicted octanol–water partition coefficient (Wildman–Crippen LogP) is 1.79. The predicted molar refractivity (Wildman–Crippen MR) is 54.7 cm³/mol. The van der Waals surface area contributed by atoms with Gasteiger partial charge in [-0.1, -0.05) is 6.42 Å². The second-order valence-corrected chi connectivity index (χ2v) is 5.16. The smallest absolute Gasteiger partial charge is 0.471 e. The van der Waals surface area contributed by atoms with Crippen molar-refractivity contribution in [3.63, 3.8) is 0 Å². The Morgan fingerprint density at radius 1 is 1.22 bits per heavy atom. The van der Waals surface area contributed by atoms with Gasteiger partial charge in [-0.3, -0.25) is 4.79 Å². The topological polar surface area (TPSA) is 57.6 Å². The van der Waals surface area contributed by atoms with E-state index in [9.17, 15) is 22.8 Å². The lowest BCUT2D eigenvalue weighted by Crippen LogP contribution is -2.57. The Balaban J connectivity index is 2.16. The van der Waals surface area contributed by atoms with Crippen LogP contribution in [0.2, 0.25) is 0 Å². The molecular formula is C11H14F3NO3. The molecule has 2 aliphatic rings. The fourth-order valence-corrected chi connectivity index (χ4v) is 2.89. The van der Waals surface area contributed by atoms with Gasteiger partial charge in [0.25, 0.3) is 0 Å². The van der Waals surface area contributed by atoms with Crippen LogP contribution in [0.1, 0.15) is 32.1 Å². The Morgan fingerprint density at radius 3 is 2.22 bits per heavy atom. The van der Waals surface area contributed by atoms with E-state index in [1.165, 1.54) is 0 Å². The third kappa shape index (κ3) is 2.18. The van der Waals surface area contributed by atoms with Gasteiger partial charge in [-0.05, 0) is 31.1 Å². The lowest BCUT2D eigenvalue weighted by Gasteiger charge is -2.50. The first-order chi connectivity index (χ1) is 8.25. The van der Waals surface area contributed by atoms with E-state index in [-0.39, 0.29) is 18.4 Å². The van der Waals surface area contributed by atoms with Crippen molar-refractivity contribution < 1.29 is 27.9 Å². The van der Waals surface area contributed by atoms with E-state index in [1.807, 2.05) is 0 Å². The zero-order valence-corrected chi connectivity index (χ0v) is 9.66. The van der Waals surface area contributed by atoms with E-state index >= 15 is 0 Å². The minimum absolute atomic E-state index is 0.116. The Bertz CT molecular complexity index is 376. The number of halogens is 3. The van der Waals surface area contributed by atoms with E-state index in [4.69, 9.17) is 5.11 Å². The lowest BCUT2D eigenvalue weighted by atomic mass is 9.61. The van der Waals surface area contributed by atoms with Gasteiger partial charge in [0.15, 0.2) is 0 Å². The molecule has 1 heterocycles. The molecule has 1 amide bonds. The van der Waals surface area contributed by atoms with Gasteiger partial charge in [-0.2, -0.15) is 13.2 Å². The van der Waals surface area contributed by atoms with Crippen LogP contribution in [-0.4, -0.2) is 40.6 Å². The zero-order valence-electron chi connectivity index (χ0n) is 9.66. The molecule has 7 heteroatoms. The maximum absolute atomic E-state index is 12.4. The highest BCUT2D eigenvalue weighted by atomic mass is 19.4. The van der Waals surface area contributed by atoms with Crippen LogP contribution in [0, 0.1) is 5.41 Å². The standard InChI is InChI=1S/C11H14F3NO3/c12-11(13,14)9(18)15-5-4-10(2-1-3-10)6-7(15)8(16)17/h7H,1-6H2,(H,16,17). The molecule has 1 aliphatic heterocycles. The molecule has 0 aromatic heterocycles. The number of nitrogens with zero attached hydrogens (tertiary/aromatic N) is 1. The number of likely N-dealkylation sites (tertiary alicyclic amines) is 1. The summed E-state index contributed by atoms with van der Waals surface area (Å²) in [6, 6.07) is -1.34. The number of hydrogen-bond donors (Lipinski definition) is 1. The highest BCUT2D eigenvalue weighted by Gasteiger charge is 2.52. The van der Waals surface area contributed by atoms with Gasteiger partial charge in [0.1, 0.15) is 6.04 Å². The van der Waals surface area contributed by atoms with Crippen LogP contribution in [0.15, 0.2) is 0 Å². The number of carboxylic acid groups (broad SMARTS) is 1. The highest BCUT2D eigenvalue weighted by Crippen LogP contribution is 2.50.